The van der Waals surface area contributed by atoms with Crippen molar-refractivity contribution in [3.8, 4) is 40.0 Å². The number of ether oxygens (including phenoxy) is 1. The van der Waals surface area contributed by atoms with Gasteiger partial charge in [-0.25, -0.2) is 9.97 Å². The van der Waals surface area contributed by atoms with E-state index in [2.05, 4.69) is 20.2 Å². The highest BCUT2D eigenvalue weighted by Crippen LogP contribution is 2.31. The van der Waals surface area contributed by atoms with Gasteiger partial charge in [-0.15, -0.1) is 10.2 Å². The van der Waals surface area contributed by atoms with Crippen LogP contribution in [0.2, 0.25) is 0 Å². The van der Waals surface area contributed by atoms with Crippen molar-refractivity contribution >= 4 is 5.82 Å². The fraction of sp³-hybridized carbons (Fsp3) is 0.217. The van der Waals surface area contributed by atoms with Crippen molar-refractivity contribution < 1.29 is 9.15 Å². The molecule has 30 heavy (non-hydrogen) atoms. The van der Waals surface area contributed by atoms with Crippen LogP contribution in [0.3, 0.4) is 0 Å². The Labute approximate surface area is 177 Å². The maximum Gasteiger partial charge on any atom is 0.270 e. The molecule has 0 saturated heterocycles. The molecule has 2 aromatic heterocycles. The van der Waals surface area contributed by atoms with Gasteiger partial charge in [0.25, 0.3) is 5.89 Å². The summed E-state index contributed by atoms with van der Waals surface area (Å²) in [5.41, 5.74) is 8.54. The van der Waals surface area contributed by atoms with Crippen molar-refractivity contribution in [3.05, 3.63) is 60.8 Å². The van der Waals surface area contributed by atoms with Gasteiger partial charge < -0.3 is 14.9 Å². The van der Waals surface area contributed by atoms with E-state index in [4.69, 9.17) is 14.9 Å². The molecule has 0 bridgehead atoms. The second-order valence-electron chi connectivity index (χ2n) is 5.47. The molecule has 0 fully saturated rings. The minimum atomic E-state index is 0.214. The largest absolute Gasteiger partial charge is 0.496 e. The third-order valence-electron chi connectivity index (χ3n) is 3.83. The van der Waals surface area contributed by atoms with Crippen LogP contribution in [0.4, 0.5) is 5.82 Å². The third kappa shape index (κ3) is 5.00. The first kappa shape index (κ1) is 22.5. The first-order valence-electron chi connectivity index (χ1n) is 9.91. The van der Waals surface area contributed by atoms with Crippen LogP contribution in [-0.2, 0) is 0 Å². The molecule has 0 radical (unpaired) electrons. The van der Waals surface area contributed by atoms with Crippen LogP contribution in [0.25, 0.3) is 34.3 Å². The lowest BCUT2D eigenvalue weighted by Gasteiger charge is -2.08. The second kappa shape index (κ2) is 11.3. The zero-order chi connectivity index (χ0) is 21.9. The van der Waals surface area contributed by atoms with Crippen LogP contribution in [-0.4, -0.2) is 27.3 Å². The summed E-state index contributed by atoms with van der Waals surface area (Å²) >= 11 is 0. The van der Waals surface area contributed by atoms with Gasteiger partial charge in [-0.1, -0.05) is 58.0 Å². The molecule has 2 heterocycles. The van der Waals surface area contributed by atoms with E-state index in [-0.39, 0.29) is 11.7 Å². The van der Waals surface area contributed by atoms with E-state index in [0.29, 0.717) is 23.0 Å². The van der Waals surface area contributed by atoms with E-state index >= 15 is 0 Å². The number of nitrogens with two attached hydrogens (primary N) is 1. The number of anilines is 1. The van der Waals surface area contributed by atoms with Crippen LogP contribution in [0.1, 0.15) is 27.7 Å². The van der Waals surface area contributed by atoms with Crippen molar-refractivity contribution in [3.63, 3.8) is 0 Å². The Morgan fingerprint density at radius 2 is 1.47 bits per heavy atom. The summed E-state index contributed by atoms with van der Waals surface area (Å²) < 4.78 is 11.1. The summed E-state index contributed by atoms with van der Waals surface area (Å²) in [6.45, 7) is 8.00. The van der Waals surface area contributed by atoms with Gasteiger partial charge in [-0.05, 0) is 24.3 Å². The Kier molecular flexibility index (Phi) is 8.50. The highest BCUT2D eigenvalue weighted by Gasteiger charge is 2.17. The molecule has 0 spiro atoms. The predicted octanol–water partition coefficient (Wildman–Crippen LogP) is 5.50. The lowest BCUT2D eigenvalue weighted by Crippen LogP contribution is -2.00. The average molecular weight is 406 g/mol. The maximum atomic E-state index is 5.99. The Morgan fingerprint density at radius 3 is 2.17 bits per heavy atom. The molecular formula is C23H27N5O2. The van der Waals surface area contributed by atoms with E-state index in [0.717, 1.165) is 11.1 Å². The number of rotatable bonds is 4. The van der Waals surface area contributed by atoms with Gasteiger partial charge in [0.05, 0.1) is 19.0 Å². The van der Waals surface area contributed by atoms with Crippen molar-refractivity contribution in [2.45, 2.75) is 27.7 Å². The fourth-order valence-corrected chi connectivity index (χ4v) is 2.56. The summed E-state index contributed by atoms with van der Waals surface area (Å²) in [7, 11) is 1.61. The number of hydrogen-bond acceptors (Lipinski definition) is 7. The first-order valence-corrected chi connectivity index (χ1v) is 9.91. The minimum Gasteiger partial charge on any atom is -0.496 e. The van der Waals surface area contributed by atoms with Crippen LogP contribution in [0.5, 0.6) is 5.75 Å². The zero-order valence-electron chi connectivity index (χ0n) is 18.0. The number of benzene rings is 2. The fourth-order valence-electron chi connectivity index (χ4n) is 2.56. The van der Waals surface area contributed by atoms with Gasteiger partial charge in [0, 0.05) is 11.1 Å². The summed E-state index contributed by atoms with van der Waals surface area (Å²) in [5, 5.41) is 8.15. The smallest absolute Gasteiger partial charge is 0.270 e. The molecule has 4 aromatic rings. The van der Waals surface area contributed by atoms with Crippen molar-refractivity contribution in [2.24, 2.45) is 0 Å². The van der Waals surface area contributed by atoms with Crippen LogP contribution < -0.4 is 10.5 Å². The molecule has 0 unspecified atom stereocenters. The standard InChI is InChI=1S/C19H15N5O2.2C2H6/c1-25-15-10-6-5-9-13(15)14-11-21-17(20)16(22-14)19-24-23-18(26-19)12-7-3-2-4-8-12;2*1-2/h2-11H,1H3,(H2,20,21);2*1-2H3. The number of nitrogen functional groups attached to an aromatic ring is 1. The third-order valence-corrected chi connectivity index (χ3v) is 3.83. The topological polar surface area (TPSA) is 100.0 Å². The van der Waals surface area contributed by atoms with Gasteiger partial charge in [0.15, 0.2) is 11.5 Å². The van der Waals surface area contributed by atoms with Crippen molar-refractivity contribution in [1.82, 2.24) is 20.2 Å². The average Bonchev–Trinajstić information content (AvgIpc) is 3.33. The van der Waals surface area contributed by atoms with Gasteiger partial charge in [0.1, 0.15) is 5.75 Å². The van der Waals surface area contributed by atoms with Crippen LogP contribution in [0.15, 0.2) is 65.2 Å². The molecule has 0 amide bonds. The van der Waals surface area contributed by atoms with Gasteiger partial charge in [-0.3, -0.25) is 0 Å². The zero-order valence-corrected chi connectivity index (χ0v) is 18.0. The Bertz CT molecular complexity index is 1050. The SMILES string of the molecule is CC.CC.COc1ccccc1-c1cnc(N)c(-c2nnc(-c3ccccc3)o2)n1. The molecule has 7 nitrogen and oxygen atoms in total. The summed E-state index contributed by atoms with van der Waals surface area (Å²) in [4.78, 5) is 8.79. The molecule has 2 N–H and O–H groups in total. The number of aromatic nitrogens is 4. The van der Waals surface area contributed by atoms with Crippen molar-refractivity contribution in [1.29, 1.82) is 0 Å². The monoisotopic (exact) mass is 405 g/mol. The molecule has 0 aliphatic rings. The molecule has 7 heteroatoms. The lowest BCUT2D eigenvalue weighted by atomic mass is 10.1. The molecule has 0 saturated carbocycles. The summed E-state index contributed by atoms with van der Waals surface area (Å²) in [5.74, 6) is 1.51. The number of hydrogen-bond donors (Lipinski definition) is 1. The minimum absolute atomic E-state index is 0.214. The van der Waals surface area contributed by atoms with Gasteiger partial charge in [-0.2, -0.15) is 0 Å². The molecule has 0 aliphatic heterocycles. The Morgan fingerprint density at radius 1 is 0.833 bits per heavy atom. The maximum absolute atomic E-state index is 5.99. The molecule has 0 atom stereocenters. The number of methoxy groups -OCH3 is 1. The number of nitrogens with zero attached hydrogens (tertiary/aromatic N) is 4. The van der Waals surface area contributed by atoms with Gasteiger partial charge in [0.2, 0.25) is 5.89 Å². The lowest BCUT2D eigenvalue weighted by molar-refractivity contribution is 0.416. The number of para-hydroxylation sites is 1. The van der Waals surface area contributed by atoms with Crippen molar-refractivity contribution in [2.75, 3.05) is 12.8 Å². The molecule has 2 aromatic carbocycles. The molecule has 4 rings (SSSR count). The predicted molar refractivity (Wildman–Crippen MR) is 120 cm³/mol. The van der Waals surface area contributed by atoms with E-state index in [1.807, 2.05) is 82.3 Å². The van der Waals surface area contributed by atoms with Crippen LogP contribution in [0, 0.1) is 0 Å². The van der Waals surface area contributed by atoms with Crippen LogP contribution >= 0.6 is 0 Å². The van der Waals surface area contributed by atoms with E-state index in [1.165, 1.54) is 0 Å². The first-order chi connectivity index (χ1) is 14.8. The van der Waals surface area contributed by atoms with E-state index < -0.39 is 0 Å². The Hall–Kier alpha value is -3.74. The van der Waals surface area contributed by atoms with Gasteiger partial charge >= 0.3 is 0 Å². The second-order valence-corrected chi connectivity index (χ2v) is 5.47. The molecular weight excluding hydrogens is 378 g/mol. The Balaban J connectivity index is 0.000000757. The highest BCUT2D eigenvalue weighted by molar-refractivity contribution is 5.72. The van der Waals surface area contributed by atoms with E-state index in [9.17, 15) is 0 Å². The summed E-state index contributed by atoms with van der Waals surface area (Å²) in [6, 6.07) is 17.0. The molecule has 156 valence electrons. The summed E-state index contributed by atoms with van der Waals surface area (Å²) in [6.07, 6.45) is 1.59. The highest BCUT2D eigenvalue weighted by atomic mass is 16.5. The van der Waals surface area contributed by atoms with E-state index in [1.54, 1.807) is 13.3 Å². The normalized spacial score (nSPS) is 9.63. The quantitative estimate of drug-likeness (QED) is 0.478. The molecule has 0 aliphatic carbocycles.